The zero-order valence-corrected chi connectivity index (χ0v) is 13.0. The number of likely N-dealkylation sites (tertiary alicyclic amines) is 1. The first kappa shape index (κ1) is 15.9. The number of methoxy groups -OCH3 is 1. The topological polar surface area (TPSA) is 38.5 Å². The van der Waals surface area contributed by atoms with Crippen molar-refractivity contribution in [3.8, 4) is 0 Å². The molecule has 1 saturated heterocycles. The van der Waals surface area contributed by atoms with Crippen molar-refractivity contribution in [3.63, 3.8) is 0 Å². The van der Waals surface area contributed by atoms with Crippen LogP contribution in [0.1, 0.15) is 59.8 Å². The summed E-state index contributed by atoms with van der Waals surface area (Å²) in [7, 11) is 1.78. The van der Waals surface area contributed by atoms with Gasteiger partial charge in [-0.15, -0.1) is 0 Å². The normalized spacial score (nSPS) is 23.0. The third-order valence-corrected chi connectivity index (χ3v) is 4.95. The van der Waals surface area contributed by atoms with E-state index in [0.717, 1.165) is 19.3 Å². The van der Waals surface area contributed by atoms with Gasteiger partial charge in [-0.2, -0.15) is 0 Å². The Bertz CT molecular complexity index is 249. The Balaban J connectivity index is 2.58. The molecule has 0 aromatic heterocycles. The van der Waals surface area contributed by atoms with E-state index >= 15 is 0 Å². The summed E-state index contributed by atoms with van der Waals surface area (Å²) in [6.07, 6.45) is 5.83. The predicted octanol–water partition coefficient (Wildman–Crippen LogP) is 2.78. The van der Waals surface area contributed by atoms with Crippen LogP contribution in [0.5, 0.6) is 0 Å². The molecule has 3 nitrogen and oxygen atoms in total. The lowest BCUT2D eigenvalue weighted by Crippen LogP contribution is -2.57. The summed E-state index contributed by atoms with van der Waals surface area (Å²) < 4.78 is 5.49. The van der Waals surface area contributed by atoms with Crippen LogP contribution >= 0.6 is 0 Å². The van der Waals surface area contributed by atoms with Gasteiger partial charge in [-0.3, -0.25) is 4.90 Å². The van der Waals surface area contributed by atoms with E-state index in [2.05, 4.69) is 32.6 Å². The fraction of sp³-hybridized carbons (Fsp3) is 1.00. The fourth-order valence-corrected chi connectivity index (χ4v) is 2.86. The molecule has 3 heteroatoms. The van der Waals surface area contributed by atoms with Crippen LogP contribution in [0.25, 0.3) is 0 Å². The molecule has 0 aliphatic carbocycles. The summed E-state index contributed by atoms with van der Waals surface area (Å²) in [5, 5.41) is 0. The number of nitrogens with zero attached hydrogens (tertiary/aromatic N) is 1. The Hall–Kier alpha value is -0.120. The fourth-order valence-electron chi connectivity index (χ4n) is 2.86. The number of hydrogen-bond acceptors (Lipinski definition) is 3. The molecule has 2 atom stereocenters. The maximum Gasteiger partial charge on any atom is 0.0623 e. The van der Waals surface area contributed by atoms with Crippen LogP contribution in [0.15, 0.2) is 0 Å². The van der Waals surface area contributed by atoms with Gasteiger partial charge in [0.1, 0.15) is 0 Å². The van der Waals surface area contributed by atoms with Crippen LogP contribution in [0.2, 0.25) is 0 Å². The number of rotatable bonds is 7. The Labute approximate surface area is 113 Å². The molecule has 0 saturated carbocycles. The third kappa shape index (κ3) is 3.69. The van der Waals surface area contributed by atoms with Crippen molar-refractivity contribution in [2.24, 2.45) is 5.73 Å². The van der Waals surface area contributed by atoms with Crippen LogP contribution < -0.4 is 5.73 Å². The summed E-state index contributed by atoms with van der Waals surface area (Å²) in [4.78, 5) is 2.59. The summed E-state index contributed by atoms with van der Waals surface area (Å²) in [6.45, 7) is 11.3. The zero-order valence-electron chi connectivity index (χ0n) is 13.0. The summed E-state index contributed by atoms with van der Waals surface area (Å²) in [6, 6.07) is 0.232. The van der Waals surface area contributed by atoms with E-state index in [9.17, 15) is 0 Å². The van der Waals surface area contributed by atoms with Crippen LogP contribution in [0.3, 0.4) is 0 Å². The maximum absolute atomic E-state index is 6.51. The highest BCUT2D eigenvalue weighted by atomic mass is 16.5. The van der Waals surface area contributed by atoms with Gasteiger partial charge in [-0.25, -0.2) is 0 Å². The molecule has 1 fully saturated rings. The van der Waals surface area contributed by atoms with Crippen molar-refractivity contribution in [3.05, 3.63) is 0 Å². The van der Waals surface area contributed by atoms with Crippen molar-refractivity contribution >= 4 is 0 Å². The molecule has 2 N–H and O–H groups in total. The van der Waals surface area contributed by atoms with Gasteiger partial charge in [-0.05, 0) is 66.0 Å². The van der Waals surface area contributed by atoms with Crippen LogP contribution in [0, 0.1) is 0 Å². The SMILES string of the molecule is CCC(C)(C(N)CCC(C)(C)OC)N1CCCC1. The summed E-state index contributed by atoms with van der Waals surface area (Å²) in [5.74, 6) is 0. The molecule has 2 unspecified atom stereocenters. The molecule has 0 aromatic carbocycles. The number of ether oxygens (including phenoxy) is 1. The monoisotopic (exact) mass is 256 g/mol. The predicted molar refractivity (Wildman–Crippen MR) is 77.8 cm³/mol. The van der Waals surface area contributed by atoms with Crippen molar-refractivity contribution < 1.29 is 4.74 Å². The standard InChI is InChI=1S/C15H32N2O/c1-6-15(4,17-11-7-8-12-17)13(16)9-10-14(2,3)18-5/h13H,6-12,16H2,1-5H3. The molecule has 0 bridgehead atoms. The molecular formula is C15H32N2O. The first-order chi connectivity index (χ1) is 8.35. The minimum atomic E-state index is -0.0583. The molecule has 1 heterocycles. The maximum atomic E-state index is 6.51. The second-order valence-corrected chi connectivity index (χ2v) is 6.51. The third-order valence-electron chi connectivity index (χ3n) is 4.95. The van der Waals surface area contributed by atoms with Gasteiger partial charge in [0.25, 0.3) is 0 Å². The molecule has 0 radical (unpaired) electrons. The van der Waals surface area contributed by atoms with Crippen LogP contribution in [-0.4, -0.2) is 42.3 Å². The molecule has 18 heavy (non-hydrogen) atoms. The lowest BCUT2D eigenvalue weighted by atomic mass is 9.83. The van der Waals surface area contributed by atoms with Gasteiger partial charge in [0.2, 0.25) is 0 Å². The largest absolute Gasteiger partial charge is 0.379 e. The highest BCUT2D eigenvalue weighted by Crippen LogP contribution is 2.30. The summed E-state index contributed by atoms with van der Waals surface area (Å²) >= 11 is 0. The van der Waals surface area contributed by atoms with Crippen LogP contribution in [-0.2, 0) is 4.74 Å². The van der Waals surface area contributed by atoms with Gasteiger partial charge in [0.05, 0.1) is 5.60 Å². The highest BCUT2D eigenvalue weighted by molar-refractivity contribution is 4.96. The highest BCUT2D eigenvalue weighted by Gasteiger charge is 2.37. The smallest absolute Gasteiger partial charge is 0.0623 e. The Morgan fingerprint density at radius 3 is 2.22 bits per heavy atom. The second kappa shape index (κ2) is 6.36. The lowest BCUT2D eigenvalue weighted by molar-refractivity contribution is 0.00544. The van der Waals surface area contributed by atoms with Gasteiger partial charge >= 0.3 is 0 Å². The Morgan fingerprint density at radius 2 is 1.78 bits per heavy atom. The molecule has 108 valence electrons. The quantitative estimate of drug-likeness (QED) is 0.761. The second-order valence-electron chi connectivity index (χ2n) is 6.51. The van der Waals surface area contributed by atoms with Gasteiger partial charge in [0.15, 0.2) is 0 Å². The van der Waals surface area contributed by atoms with E-state index in [-0.39, 0.29) is 17.2 Å². The van der Waals surface area contributed by atoms with Crippen molar-refractivity contribution in [2.45, 2.75) is 77.0 Å². The van der Waals surface area contributed by atoms with Crippen molar-refractivity contribution in [1.29, 1.82) is 0 Å². The summed E-state index contributed by atoms with van der Waals surface area (Å²) in [5.41, 5.74) is 6.60. The van der Waals surface area contributed by atoms with E-state index in [0.29, 0.717) is 0 Å². The molecule has 0 spiro atoms. The van der Waals surface area contributed by atoms with Crippen molar-refractivity contribution in [1.82, 2.24) is 4.90 Å². The Morgan fingerprint density at radius 1 is 1.22 bits per heavy atom. The first-order valence-corrected chi connectivity index (χ1v) is 7.41. The van der Waals surface area contributed by atoms with E-state index < -0.39 is 0 Å². The molecule has 0 aromatic rings. The molecule has 0 amide bonds. The number of hydrogen-bond donors (Lipinski definition) is 1. The van der Waals surface area contributed by atoms with Crippen LogP contribution in [0.4, 0.5) is 0 Å². The Kier molecular flexibility index (Phi) is 5.63. The molecule has 1 aliphatic heterocycles. The van der Waals surface area contributed by atoms with E-state index in [1.165, 1.54) is 25.9 Å². The van der Waals surface area contributed by atoms with Gasteiger partial charge < -0.3 is 10.5 Å². The molecular weight excluding hydrogens is 224 g/mol. The minimum Gasteiger partial charge on any atom is -0.379 e. The first-order valence-electron chi connectivity index (χ1n) is 7.41. The van der Waals surface area contributed by atoms with E-state index in [4.69, 9.17) is 10.5 Å². The zero-order chi connectivity index (χ0) is 13.8. The van der Waals surface area contributed by atoms with Crippen molar-refractivity contribution in [2.75, 3.05) is 20.2 Å². The molecule has 1 aliphatic rings. The molecule has 1 rings (SSSR count). The minimum absolute atomic E-state index is 0.0583. The van der Waals surface area contributed by atoms with Gasteiger partial charge in [0, 0.05) is 18.7 Å². The van der Waals surface area contributed by atoms with E-state index in [1.807, 2.05) is 0 Å². The number of nitrogens with two attached hydrogens (primary N) is 1. The average molecular weight is 256 g/mol. The lowest BCUT2D eigenvalue weighted by Gasteiger charge is -2.43. The average Bonchev–Trinajstić information content (AvgIpc) is 2.89. The van der Waals surface area contributed by atoms with E-state index in [1.54, 1.807) is 7.11 Å². The van der Waals surface area contributed by atoms with Gasteiger partial charge in [-0.1, -0.05) is 6.92 Å².